The summed E-state index contributed by atoms with van der Waals surface area (Å²) in [5.74, 6) is -2.03. The molecular weight excluding hydrogens is 523 g/mol. The summed E-state index contributed by atoms with van der Waals surface area (Å²) >= 11 is 12.1. The number of halogens is 2. The first-order valence-electron chi connectivity index (χ1n) is 10.7. The second-order valence-electron chi connectivity index (χ2n) is 7.75. The molecule has 4 amide bonds. The molecule has 3 aromatic carbocycles. The molecule has 1 heterocycles. The summed E-state index contributed by atoms with van der Waals surface area (Å²) in [6, 6.07) is 14.3. The van der Waals surface area contributed by atoms with E-state index >= 15 is 0 Å². The van der Waals surface area contributed by atoms with Crippen LogP contribution in [0.4, 0.5) is 10.5 Å². The maximum Gasteiger partial charge on any atom is 0.335 e. The molecule has 9 nitrogen and oxygen atoms in total. The molecule has 1 aliphatic rings. The van der Waals surface area contributed by atoms with E-state index < -0.39 is 23.8 Å². The standard InChI is InChI=1S/C26H18Cl2N2O7/c1-36-22-11-15(4-9-21(22)37-13-14-2-5-16(6-3-14)25(33)34)10-18-23(31)29-26(35)30(24(18)32)20-8-7-17(27)12-19(20)28/h2-12H,13H2,1H3,(H,33,34)(H,29,31,35). The van der Waals surface area contributed by atoms with Gasteiger partial charge in [0.2, 0.25) is 0 Å². The van der Waals surface area contributed by atoms with Crippen LogP contribution in [-0.2, 0) is 16.2 Å². The molecule has 3 aromatic rings. The topological polar surface area (TPSA) is 122 Å². The number of barbiturate groups is 1. The van der Waals surface area contributed by atoms with E-state index in [1.807, 2.05) is 0 Å². The lowest BCUT2D eigenvalue weighted by Gasteiger charge is -2.27. The summed E-state index contributed by atoms with van der Waals surface area (Å²) in [6.07, 6.45) is 1.32. The fourth-order valence-corrected chi connectivity index (χ4v) is 4.00. The van der Waals surface area contributed by atoms with Crippen LogP contribution in [0.25, 0.3) is 6.08 Å². The molecular formula is C26H18Cl2N2O7. The monoisotopic (exact) mass is 540 g/mol. The third-order valence-electron chi connectivity index (χ3n) is 5.35. The van der Waals surface area contributed by atoms with Gasteiger partial charge in [-0.15, -0.1) is 0 Å². The van der Waals surface area contributed by atoms with Crippen LogP contribution in [0.15, 0.2) is 66.2 Å². The Bertz CT molecular complexity index is 1450. The quantitative estimate of drug-likeness (QED) is 0.321. The first-order valence-corrected chi connectivity index (χ1v) is 11.4. The number of hydrogen-bond acceptors (Lipinski definition) is 6. The van der Waals surface area contributed by atoms with Crippen molar-refractivity contribution in [1.82, 2.24) is 5.32 Å². The van der Waals surface area contributed by atoms with E-state index in [4.69, 9.17) is 37.8 Å². The van der Waals surface area contributed by atoms with Gasteiger partial charge in [-0.1, -0.05) is 41.4 Å². The predicted octanol–water partition coefficient (Wildman–Crippen LogP) is 4.95. The summed E-state index contributed by atoms with van der Waals surface area (Å²) in [5.41, 5.74) is 1.13. The second kappa shape index (κ2) is 10.7. The zero-order valence-corrected chi connectivity index (χ0v) is 20.7. The maximum absolute atomic E-state index is 13.1. The molecule has 4 rings (SSSR count). The Balaban J connectivity index is 1.57. The van der Waals surface area contributed by atoms with Gasteiger partial charge in [0.25, 0.3) is 11.8 Å². The fourth-order valence-electron chi connectivity index (χ4n) is 3.50. The fraction of sp³-hybridized carbons (Fsp3) is 0.0769. The van der Waals surface area contributed by atoms with Crippen molar-refractivity contribution in [3.05, 3.63) is 93.0 Å². The van der Waals surface area contributed by atoms with Gasteiger partial charge in [0.1, 0.15) is 12.2 Å². The number of imide groups is 2. The number of benzene rings is 3. The third-order valence-corrected chi connectivity index (χ3v) is 5.88. The van der Waals surface area contributed by atoms with E-state index in [1.54, 1.807) is 30.3 Å². The number of carboxylic acid groups (broad SMARTS) is 1. The van der Waals surface area contributed by atoms with E-state index in [2.05, 4.69) is 5.32 Å². The van der Waals surface area contributed by atoms with Gasteiger partial charge in [-0.3, -0.25) is 14.9 Å². The normalized spacial score (nSPS) is 14.5. The molecule has 0 aliphatic carbocycles. The number of hydrogen-bond donors (Lipinski definition) is 2. The van der Waals surface area contributed by atoms with Gasteiger partial charge < -0.3 is 14.6 Å². The lowest BCUT2D eigenvalue weighted by atomic mass is 10.1. The smallest absolute Gasteiger partial charge is 0.335 e. The Hall–Kier alpha value is -4.34. The number of aromatic carboxylic acids is 1. The van der Waals surface area contributed by atoms with E-state index in [0.717, 1.165) is 10.5 Å². The highest BCUT2D eigenvalue weighted by Gasteiger charge is 2.37. The zero-order valence-electron chi connectivity index (χ0n) is 19.2. The number of nitrogens with zero attached hydrogens (tertiary/aromatic N) is 1. The van der Waals surface area contributed by atoms with Gasteiger partial charge in [-0.05, 0) is 59.7 Å². The van der Waals surface area contributed by atoms with E-state index in [1.165, 1.54) is 43.5 Å². The van der Waals surface area contributed by atoms with Crippen molar-refractivity contribution in [1.29, 1.82) is 0 Å². The molecule has 1 saturated heterocycles. The van der Waals surface area contributed by atoms with Crippen molar-refractivity contribution in [3.63, 3.8) is 0 Å². The number of methoxy groups -OCH3 is 1. The van der Waals surface area contributed by atoms with Crippen molar-refractivity contribution in [2.24, 2.45) is 0 Å². The third kappa shape index (κ3) is 5.58. The molecule has 0 saturated carbocycles. The molecule has 11 heteroatoms. The number of rotatable bonds is 7. The van der Waals surface area contributed by atoms with E-state index in [0.29, 0.717) is 22.1 Å². The average Bonchev–Trinajstić information content (AvgIpc) is 2.87. The molecule has 0 bridgehead atoms. The van der Waals surface area contributed by atoms with E-state index in [9.17, 15) is 19.2 Å². The number of amides is 4. The SMILES string of the molecule is COc1cc(C=C2C(=O)NC(=O)N(c3ccc(Cl)cc3Cl)C2=O)ccc1OCc1ccc(C(=O)O)cc1. The zero-order chi connectivity index (χ0) is 26.7. The minimum absolute atomic E-state index is 0.0606. The number of carboxylic acids is 1. The molecule has 37 heavy (non-hydrogen) atoms. The Morgan fingerprint density at radius 2 is 1.73 bits per heavy atom. The minimum atomic E-state index is -1.02. The molecule has 1 fully saturated rings. The van der Waals surface area contributed by atoms with Crippen LogP contribution in [0.1, 0.15) is 21.5 Å². The average molecular weight is 541 g/mol. The van der Waals surface area contributed by atoms with Gasteiger partial charge in [0, 0.05) is 5.02 Å². The van der Waals surface area contributed by atoms with Crippen molar-refractivity contribution in [2.45, 2.75) is 6.61 Å². The van der Waals surface area contributed by atoms with Crippen LogP contribution in [0.5, 0.6) is 11.5 Å². The van der Waals surface area contributed by atoms with Gasteiger partial charge >= 0.3 is 12.0 Å². The van der Waals surface area contributed by atoms with Gasteiger partial charge in [0.05, 0.1) is 23.4 Å². The first-order chi connectivity index (χ1) is 17.7. The summed E-state index contributed by atoms with van der Waals surface area (Å²) in [5, 5.41) is 11.5. The van der Waals surface area contributed by atoms with Crippen molar-refractivity contribution in [2.75, 3.05) is 12.0 Å². The number of carbonyl (C=O) groups is 4. The molecule has 188 valence electrons. The van der Waals surface area contributed by atoms with Crippen LogP contribution in [-0.4, -0.2) is 36.0 Å². The number of carbonyl (C=O) groups excluding carboxylic acids is 3. The Morgan fingerprint density at radius 1 is 1.00 bits per heavy atom. The Kier molecular flexibility index (Phi) is 7.47. The van der Waals surface area contributed by atoms with Gasteiger partial charge in [0.15, 0.2) is 11.5 Å². The lowest BCUT2D eigenvalue weighted by Crippen LogP contribution is -2.54. The highest BCUT2D eigenvalue weighted by molar-refractivity contribution is 6.42. The molecule has 2 N–H and O–H groups in total. The van der Waals surface area contributed by atoms with Crippen LogP contribution in [0.3, 0.4) is 0 Å². The number of ether oxygens (including phenoxy) is 2. The number of nitrogens with one attached hydrogen (secondary N) is 1. The summed E-state index contributed by atoms with van der Waals surface area (Å²) in [6.45, 7) is 0.149. The molecule has 0 spiro atoms. The number of anilines is 1. The minimum Gasteiger partial charge on any atom is -0.493 e. The second-order valence-corrected chi connectivity index (χ2v) is 8.60. The molecule has 0 atom stereocenters. The van der Waals surface area contributed by atoms with Gasteiger partial charge in [-0.2, -0.15) is 0 Å². The van der Waals surface area contributed by atoms with Crippen LogP contribution in [0, 0.1) is 0 Å². The van der Waals surface area contributed by atoms with E-state index in [-0.39, 0.29) is 28.5 Å². The molecule has 0 aromatic heterocycles. The highest BCUT2D eigenvalue weighted by Crippen LogP contribution is 2.33. The molecule has 0 radical (unpaired) electrons. The van der Waals surface area contributed by atoms with Crippen molar-refractivity contribution >= 4 is 58.8 Å². The highest BCUT2D eigenvalue weighted by atomic mass is 35.5. The Labute approximate surface area is 220 Å². The first kappa shape index (κ1) is 25.7. The Morgan fingerprint density at radius 3 is 2.38 bits per heavy atom. The van der Waals surface area contributed by atoms with Crippen molar-refractivity contribution < 1.29 is 33.8 Å². The van der Waals surface area contributed by atoms with Crippen LogP contribution in [0.2, 0.25) is 10.0 Å². The lowest BCUT2D eigenvalue weighted by molar-refractivity contribution is -0.122. The largest absolute Gasteiger partial charge is 0.493 e. The van der Waals surface area contributed by atoms with Crippen LogP contribution < -0.4 is 19.7 Å². The molecule has 0 unspecified atom stereocenters. The number of urea groups is 1. The van der Waals surface area contributed by atoms with Crippen LogP contribution >= 0.6 is 23.2 Å². The summed E-state index contributed by atoms with van der Waals surface area (Å²) < 4.78 is 11.2. The summed E-state index contributed by atoms with van der Waals surface area (Å²) in [7, 11) is 1.43. The molecule has 1 aliphatic heterocycles. The van der Waals surface area contributed by atoms with Gasteiger partial charge in [-0.25, -0.2) is 14.5 Å². The predicted molar refractivity (Wildman–Crippen MR) is 136 cm³/mol. The van der Waals surface area contributed by atoms with Crippen molar-refractivity contribution in [3.8, 4) is 11.5 Å². The summed E-state index contributed by atoms with van der Waals surface area (Å²) in [4.78, 5) is 49.8. The maximum atomic E-state index is 13.1.